The zero-order valence-electron chi connectivity index (χ0n) is 14.3. The number of phenolic OH excluding ortho intramolecular Hbond substituents is 2. The third kappa shape index (κ3) is 3.51. The van der Waals surface area contributed by atoms with Crippen LogP contribution in [0.2, 0.25) is 0 Å². The number of fused-ring (bicyclic) bond motifs is 1. The van der Waals surface area contributed by atoms with Crippen LogP contribution < -0.4 is 5.56 Å². The van der Waals surface area contributed by atoms with E-state index >= 15 is 0 Å². The van der Waals surface area contributed by atoms with Gasteiger partial charge in [-0.1, -0.05) is 0 Å². The monoisotopic (exact) mass is 387 g/mol. The van der Waals surface area contributed by atoms with Gasteiger partial charge in [-0.3, -0.25) is 9.36 Å². The van der Waals surface area contributed by atoms with Crippen molar-refractivity contribution in [3.63, 3.8) is 0 Å². The minimum absolute atomic E-state index is 0. The van der Waals surface area contributed by atoms with Gasteiger partial charge in [0.1, 0.15) is 17.2 Å². The van der Waals surface area contributed by atoms with Crippen molar-refractivity contribution in [1.82, 2.24) is 14.5 Å². The summed E-state index contributed by atoms with van der Waals surface area (Å²) in [5.41, 5.74) is 3.25. The van der Waals surface area contributed by atoms with Gasteiger partial charge in [0.25, 0.3) is 5.56 Å². The number of aryl methyl sites for hydroxylation is 1. The molecule has 0 aromatic heterocycles. The summed E-state index contributed by atoms with van der Waals surface area (Å²) in [6, 6.07) is 13.4. The molecule has 5 N–H and O–H groups in total. The van der Waals surface area contributed by atoms with Gasteiger partial charge in [-0.05, 0) is 61.0 Å². The van der Waals surface area contributed by atoms with Crippen LogP contribution >= 0.6 is 12.4 Å². The lowest BCUT2D eigenvalue weighted by Crippen LogP contribution is -2.15. The second-order valence-corrected chi connectivity index (χ2v) is 5.83. The first-order chi connectivity index (χ1) is 12.0. The summed E-state index contributed by atoms with van der Waals surface area (Å²) in [5, 5.41) is 19.0. The van der Waals surface area contributed by atoms with Crippen LogP contribution in [0.25, 0.3) is 28.3 Å². The number of H-pyrrole nitrogens is 1. The van der Waals surface area contributed by atoms with Crippen molar-refractivity contribution in [3.8, 4) is 39.8 Å². The van der Waals surface area contributed by atoms with E-state index in [2.05, 4.69) is 9.97 Å². The second kappa shape index (κ2) is 7.53. The Hall–Kier alpha value is -3.29. The Labute approximate surface area is 160 Å². The zero-order chi connectivity index (χ0) is 17.6. The van der Waals surface area contributed by atoms with Gasteiger partial charge in [-0.25, -0.2) is 4.98 Å². The van der Waals surface area contributed by atoms with Gasteiger partial charge in [0.05, 0.1) is 11.4 Å². The number of imidazole rings is 1. The Morgan fingerprint density at radius 3 is 2.00 bits per heavy atom. The van der Waals surface area contributed by atoms with Crippen LogP contribution in [-0.4, -0.2) is 30.2 Å². The molecule has 27 heavy (non-hydrogen) atoms. The van der Waals surface area contributed by atoms with Crippen LogP contribution in [0.4, 0.5) is 0 Å². The number of hydrogen-bond donors (Lipinski definition) is 3. The molecule has 0 radical (unpaired) electrons. The number of rotatable bonds is 2. The molecule has 0 atom stereocenters. The number of halogens is 1. The third-order valence-electron chi connectivity index (χ3n) is 4.11. The van der Waals surface area contributed by atoms with Gasteiger partial charge in [0, 0.05) is 11.8 Å². The van der Waals surface area contributed by atoms with Crippen molar-refractivity contribution in [3.05, 3.63) is 70.8 Å². The van der Waals surface area contributed by atoms with Gasteiger partial charge < -0.3 is 20.7 Å². The predicted octanol–water partition coefficient (Wildman–Crippen LogP) is 2.65. The molecule has 4 rings (SSSR count). The summed E-state index contributed by atoms with van der Waals surface area (Å²) in [5.74, 6) is 0.862. The maximum absolute atomic E-state index is 12.4. The van der Waals surface area contributed by atoms with Crippen LogP contribution in [0.5, 0.6) is 11.5 Å². The van der Waals surface area contributed by atoms with Crippen molar-refractivity contribution in [1.29, 1.82) is 0 Å². The summed E-state index contributed by atoms with van der Waals surface area (Å²) in [6.07, 6.45) is 1.70. The van der Waals surface area contributed by atoms with E-state index < -0.39 is 0 Å². The summed E-state index contributed by atoms with van der Waals surface area (Å²) < 4.78 is 1.51. The van der Waals surface area contributed by atoms with Crippen molar-refractivity contribution in [2.45, 2.75) is 6.92 Å². The Balaban J connectivity index is 0.00000131. The van der Waals surface area contributed by atoms with Crippen LogP contribution in [0, 0.1) is 6.92 Å². The van der Waals surface area contributed by atoms with E-state index in [0.717, 1.165) is 11.1 Å². The number of hydrogen-bond acceptors (Lipinski definition) is 4. The Morgan fingerprint density at radius 1 is 0.926 bits per heavy atom. The molecule has 0 aliphatic carbocycles. The number of aromatic hydroxyl groups is 2. The molecule has 0 unspecified atom stereocenters. The molecule has 0 saturated carbocycles. The van der Waals surface area contributed by atoms with E-state index in [9.17, 15) is 15.0 Å². The van der Waals surface area contributed by atoms with Crippen molar-refractivity contribution < 1.29 is 15.7 Å². The van der Waals surface area contributed by atoms with E-state index in [1.807, 2.05) is 0 Å². The highest BCUT2D eigenvalue weighted by Gasteiger charge is 2.19. The van der Waals surface area contributed by atoms with E-state index in [1.165, 1.54) is 4.57 Å². The summed E-state index contributed by atoms with van der Waals surface area (Å²) in [7, 11) is 0. The van der Waals surface area contributed by atoms with E-state index in [4.69, 9.17) is 0 Å². The maximum Gasteiger partial charge on any atom is 0.277 e. The average Bonchev–Trinajstić information content (AvgIpc) is 2.90. The molecule has 8 heteroatoms. The number of aromatic nitrogens is 3. The largest absolute Gasteiger partial charge is 0.508 e. The van der Waals surface area contributed by atoms with Crippen LogP contribution in [0.15, 0.2) is 59.5 Å². The minimum Gasteiger partial charge on any atom is -0.508 e. The SMILES string of the molecule is Cc1nc2c(-c3ccc(O)cc3)[nH]c(-c3ccc(O)cc3)cn-2c1=O.Cl.O. The van der Waals surface area contributed by atoms with E-state index in [0.29, 0.717) is 22.9 Å². The Bertz CT molecular complexity index is 1090. The van der Waals surface area contributed by atoms with Gasteiger partial charge >= 0.3 is 0 Å². The smallest absolute Gasteiger partial charge is 0.277 e. The molecule has 0 spiro atoms. The molecular formula is C19H18ClN3O4. The van der Waals surface area contributed by atoms with Crippen molar-refractivity contribution in [2.24, 2.45) is 0 Å². The van der Waals surface area contributed by atoms with Crippen LogP contribution in [0.3, 0.4) is 0 Å². The number of aromatic amines is 1. The van der Waals surface area contributed by atoms with Crippen molar-refractivity contribution in [2.75, 3.05) is 0 Å². The number of nitrogens with one attached hydrogen (secondary N) is 1. The standard InChI is InChI=1S/C19H15N3O3.ClH.H2O/c1-11-19(25)22-10-16(12-2-6-14(23)7-3-12)21-17(18(22)20-11)13-4-8-15(24)9-5-13;;/h2-10,21,23-24H,1H3;1H;1H2. The number of nitrogens with zero attached hydrogens (tertiary/aromatic N) is 2. The lowest BCUT2D eigenvalue weighted by Gasteiger charge is -2.13. The van der Waals surface area contributed by atoms with Crippen LogP contribution in [0.1, 0.15) is 5.69 Å². The molecule has 2 aliphatic rings. The highest BCUT2D eigenvalue weighted by Crippen LogP contribution is 2.29. The number of phenols is 2. The fraction of sp³-hybridized carbons (Fsp3) is 0.0526. The maximum atomic E-state index is 12.4. The molecular weight excluding hydrogens is 370 g/mol. The number of benzene rings is 2. The minimum atomic E-state index is -0.177. The van der Waals surface area contributed by atoms with Crippen molar-refractivity contribution >= 4 is 12.4 Å². The first-order valence-corrected chi connectivity index (χ1v) is 7.74. The lowest BCUT2D eigenvalue weighted by atomic mass is 10.1. The molecule has 140 valence electrons. The van der Waals surface area contributed by atoms with Gasteiger partial charge in [-0.2, -0.15) is 0 Å². The summed E-state index contributed by atoms with van der Waals surface area (Å²) in [6.45, 7) is 1.68. The Kier molecular flexibility index (Phi) is 5.58. The fourth-order valence-electron chi connectivity index (χ4n) is 2.80. The molecule has 2 aliphatic heterocycles. The molecule has 0 saturated heterocycles. The first kappa shape index (κ1) is 20.0. The van der Waals surface area contributed by atoms with E-state index in [-0.39, 0.29) is 34.9 Å². The topological polar surface area (TPSA) is 123 Å². The molecule has 2 heterocycles. The van der Waals surface area contributed by atoms with Gasteiger partial charge in [-0.15, -0.1) is 12.4 Å². The molecule has 0 fully saturated rings. The Morgan fingerprint density at radius 2 is 1.44 bits per heavy atom. The molecule has 7 nitrogen and oxygen atoms in total. The average molecular weight is 388 g/mol. The van der Waals surface area contributed by atoms with E-state index in [1.54, 1.807) is 61.7 Å². The normalized spacial score (nSPS) is 10.3. The molecule has 2 aromatic carbocycles. The quantitative estimate of drug-likeness (QED) is 0.489. The third-order valence-corrected chi connectivity index (χ3v) is 4.11. The molecule has 0 bridgehead atoms. The lowest BCUT2D eigenvalue weighted by molar-refractivity contribution is 0.475. The fourth-order valence-corrected chi connectivity index (χ4v) is 2.80. The predicted molar refractivity (Wildman–Crippen MR) is 105 cm³/mol. The highest BCUT2D eigenvalue weighted by molar-refractivity contribution is 5.85. The van der Waals surface area contributed by atoms with Gasteiger partial charge in [0.2, 0.25) is 0 Å². The first-order valence-electron chi connectivity index (χ1n) is 7.74. The summed E-state index contributed by atoms with van der Waals surface area (Å²) >= 11 is 0. The zero-order valence-corrected chi connectivity index (χ0v) is 15.1. The summed E-state index contributed by atoms with van der Waals surface area (Å²) in [4.78, 5) is 20.1. The molecule has 0 amide bonds. The second-order valence-electron chi connectivity index (χ2n) is 5.83. The van der Waals surface area contributed by atoms with Crippen LogP contribution in [-0.2, 0) is 0 Å². The van der Waals surface area contributed by atoms with Gasteiger partial charge in [0.15, 0.2) is 5.82 Å². The molecule has 2 aromatic rings. The highest BCUT2D eigenvalue weighted by atomic mass is 35.5.